The van der Waals surface area contributed by atoms with Gasteiger partial charge in [0.25, 0.3) is 0 Å². The number of halogens is 1. The second-order valence-corrected chi connectivity index (χ2v) is 7.33. The van der Waals surface area contributed by atoms with Gasteiger partial charge in [-0.05, 0) is 61.3 Å². The molecule has 1 unspecified atom stereocenters. The molecule has 2 N–H and O–H groups in total. The Balaban J connectivity index is 1.78. The number of carbonyl (C=O) groups excluding carboxylic acids is 1. The molecule has 1 heterocycles. The van der Waals surface area contributed by atoms with Gasteiger partial charge < -0.3 is 24.8 Å². The molecule has 0 saturated heterocycles. The first kappa shape index (κ1) is 17.9. The summed E-state index contributed by atoms with van der Waals surface area (Å²) in [5, 5.41) is 6.10. The minimum absolute atomic E-state index is 0.103. The standard InChI is InChI=1S/C16H23BrN2O4/c1-10(7-19-15(20)23-16(2,3)4)18-8-11-5-12(17)14-13(6-11)21-9-22-14/h5-6,10,18H,7-9H2,1-4H3,(H,19,20). The van der Waals surface area contributed by atoms with E-state index in [0.717, 1.165) is 21.5 Å². The Labute approximate surface area is 145 Å². The second-order valence-electron chi connectivity index (χ2n) is 6.48. The molecular weight excluding hydrogens is 364 g/mol. The van der Waals surface area contributed by atoms with Crippen LogP contribution in [-0.4, -0.2) is 31.1 Å². The van der Waals surface area contributed by atoms with Crippen LogP contribution in [0.3, 0.4) is 0 Å². The third-order valence-electron chi connectivity index (χ3n) is 3.09. The maximum atomic E-state index is 11.6. The van der Waals surface area contributed by atoms with Crippen molar-refractivity contribution >= 4 is 22.0 Å². The van der Waals surface area contributed by atoms with E-state index in [2.05, 4.69) is 26.6 Å². The van der Waals surface area contributed by atoms with Crippen molar-refractivity contribution in [3.8, 4) is 11.5 Å². The van der Waals surface area contributed by atoms with Crippen molar-refractivity contribution in [3.05, 3.63) is 22.2 Å². The van der Waals surface area contributed by atoms with Crippen LogP contribution < -0.4 is 20.1 Å². The molecule has 1 atom stereocenters. The zero-order valence-electron chi connectivity index (χ0n) is 13.9. The maximum Gasteiger partial charge on any atom is 0.407 e. The molecule has 0 saturated carbocycles. The van der Waals surface area contributed by atoms with Crippen molar-refractivity contribution in [1.82, 2.24) is 10.6 Å². The molecule has 0 fully saturated rings. The minimum Gasteiger partial charge on any atom is -0.454 e. The lowest BCUT2D eigenvalue weighted by molar-refractivity contribution is 0.0523. The van der Waals surface area contributed by atoms with Crippen LogP contribution in [0.2, 0.25) is 0 Å². The van der Waals surface area contributed by atoms with E-state index in [1.165, 1.54) is 0 Å². The summed E-state index contributed by atoms with van der Waals surface area (Å²) >= 11 is 3.48. The van der Waals surface area contributed by atoms with Crippen LogP contribution in [0, 0.1) is 0 Å². The molecule has 0 radical (unpaired) electrons. The van der Waals surface area contributed by atoms with Gasteiger partial charge in [-0.15, -0.1) is 0 Å². The van der Waals surface area contributed by atoms with Crippen molar-refractivity contribution in [1.29, 1.82) is 0 Å². The molecule has 0 bridgehead atoms. The Morgan fingerprint density at radius 3 is 2.83 bits per heavy atom. The zero-order valence-corrected chi connectivity index (χ0v) is 15.5. The maximum absolute atomic E-state index is 11.6. The van der Waals surface area contributed by atoms with Crippen molar-refractivity contribution in [2.75, 3.05) is 13.3 Å². The summed E-state index contributed by atoms with van der Waals surface area (Å²) in [5.41, 5.74) is 0.588. The third kappa shape index (κ3) is 5.58. The predicted molar refractivity (Wildman–Crippen MR) is 90.8 cm³/mol. The fourth-order valence-electron chi connectivity index (χ4n) is 2.04. The molecule has 2 rings (SSSR count). The first-order valence-electron chi connectivity index (χ1n) is 7.53. The van der Waals surface area contributed by atoms with E-state index in [4.69, 9.17) is 14.2 Å². The van der Waals surface area contributed by atoms with Gasteiger partial charge in [-0.1, -0.05) is 0 Å². The lowest BCUT2D eigenvalue weighted by Crippen LogP contribution is -2.41. The highest BCUT2D eigenvalue weighted by Crippen LogP contribution is 2.39. The van der Waals surface area contributed by atoms with Gasteiger partial charge in [0.05, 0.1) is 4.47 Å². The Morgan fingerprint density at radius 2 is 2.13 bits per heavy atom. The van der Waals surface area contributed by atoms with Crippen LogP contribution >= 0.6 is 15.9 Å². The quantitative estimate of drug-likeness (QED) is 0.812. The van der Waals surface area contributed by atoms with E-state index >= 15 is 0 Å². The summed E-state index contributed by atoms with van der Waals surface area (Å²) in [7, 11) is 0. The summed E-state index contributed by atoms with van der Waals surface area (Å²) in [5.74, 6) is 1.49. The number of alkyl carbamates (subject to hydrolysis) is 1. The van der Waals surface area contributed by atoms with Gasteiger partial charge in [0.1, 0.15) is 5.60 Å². The summed E-state index contributed by atoms with van der Waals surface area (Å²) in [6, 6.07) is 4.05. The molecule has 1 aliphatic heterocycles. The summed E-state index contributed by atoms with van der Waals surface area (Å²) in [6.07, 6.45) is -0.406. The van der Waals surface area contributed by atoms with Gasteiger partial charge in [-0.25, -0.2) is 4.79 Å². The lowest BCUT2D eigenvalue weighted by Gasteiger charge is -2.21. The fourth-order valence-corrected chi connectivity index (χ4v) is 2.64. The van der Waals surface area contributed by atoms with Crippen molar-refractivity contribution in [3.63, 3.8) is 0 Å². The van der Waals surface area contributed by atoms with Crippen LogP contribution in [0.1, 0.15) is 33.3 Å². The van der Waals surface area contributed by atoms with Crippen LogP contribution in [-0.2, 0) is 11.3 Å². The molecule has 0 aromatic heterocycles. The molecule has 7 heteroatoms. The van der Waals surface area contributed by atoms with E-state index in [1.807, 2.05) is 39.8 Å². The van der Waals surface area contributed by atoms with Crippen molar-refractivity contribution in [2.24, 2.45) is 0 Å². The van der Waals surface area contributed by atoms with E-state index in [0.29, 0.717) is 13.1 Å². The van der Waals surface area contributed by atoms with Gasteiger partial charge in [0.2, 0.25) is 6.79 Å². The molecular formula is C16H23BrN2O4. The highest BCUT2D eigenvalue weighted by Gasteiger charge is 2.18. The molecule has 0 spiro atoms. The monoisotopic (exact) mass is 386 g/mol. The van der Waals surface area contributed by atoms with E-state index < -0.39 is 11.7 Å². The SMILES string of the molecule is CC(CNC(=O)OC(C)(C)C)NCc1cc(Br)c2c(c1)OCO2. The number of nitrogens with one attached hydrogen (secondary N) is 2. The summed E-state index contributed by atoms with van der Waals surface area (Å²) in [6.45, 7) is 8.91. The first-order chi connectivity index (χ1) is 10.7. The van der Waals surface area contributed by atoms with E-state index in [1.54, 1.807) is 0 Å². The second kappa shape index (κ2) is 7.40. The molecule has 1 aliphatic rings. The molecule has 1 aromatic rings. The van der Waals surface area contributed by atoms with Crippen LogP contribution in [0.5, 0.6) is 11.5 Å². The van der Waals surface area contributed by atoms with Gasteiger partial charge in [0, 0.05) is 19.1 Å². The average Bonchev–Trinajstić information content (AvgIpc) is 2.90. The summed E-state index contributed by atoms with van der Waals surface area (Å²) < 4.78 is 16.8. The Hall–Kier alpha value is -1.47. The smallest absolute Gasteiger partial charge is 0.407 e. The Bertz CT molecular complexity index is 572. The number of fused-ring (bicyclic) bond motifs is 1. The van der Waals surface area contributed by atoms with Crippen molar-refractivity contribution < 1.29 is 19.0 Å². The van der Waals surface area contributed by atoms with E-state index in [9.17, 15) is 4.79 Å². The lowest BCUT2D eigenvalue weighted by atomic mass is 10.2. The zero-order chi connectivity index (χ0) is 17.0. The predicted octanol–water partition coefficient (Wildman–Crippen LogP) is 3.18. The number of amides is 1. The highest BCUT2D eigenvalue weighted by atomic mass is 79.9. The molecule has 0 aliphatic carbocycles. The van der Waals surface area contributed by atoms with Gasteiger partial charge in [0.15, 0.2) is 11.5 Å². The molecule has 6 nitrogen and oxygen atoms in total. The van der Waals surface area contributed by atoms with Crippen molar-refractivity contribution in [2.45, 2.75) is 45.9 Å². The van der Waals surface area contributed by atoms with Gasteiger partial charge in [-0.3, -0.25) is 0 Å². The third-order valence-corrected chi connectivity index (χ3v) is 3.68. The number of rotatable bonds is 5. The average molecular weight is 387 g/mol. The minimum atomic E-state index is -0.487. The van der Waals surface area contributed by atoms with Crippen LogP contribution in [0.25, 0.3) is 0 Å². The number of hydrogen-bond acceptors (Lipinski definition) is 5. The number of carbonyl (C=O) groups is 1. The molecule has 1 aromatic carbocycles. The Morgan fingerprint density at radius 1 is 1.39 bits per heavy atom. The fraction of sp³-hybridized carbons (Fsp3) is 0.562. The summed E-state index contributed by atoms with van der Waals surface area (Å²) in [4.78, 5) is 11.6. The largest absolute Gasteiger partial charge is 0.454 e. The van der Waals surface area contributed by atoms with Crippen LogP contribution in [0.4, 0.5) is 4.79 Å². The molecule has 128 valence electrons. The molecule has 1 amide bonds. The molecule has 23 heavy (non-hydrogen) atoms. The highest BCUT2D eigenvalue weighted by molar-refractivity contribution is 9.10. The number of benzene rings is 1. The van der Waals surface area contributed by atoms with E-state index in [-0.39, 0.29) is 12.8 Å². The van der Waals surface area contributed by atoms with Gasteiger partial charge in [-0.2, -0.15) is 0 Å². The normalized spacial score (nSPS) is 14.5. The number of ether oxygens (including phenoxy) is 3. The van der Waals surface area contributed by atoms with Gasteiger partial charge >= 0.3 is 6.09 Å². The first-order valence-corrected chi connectivity index (χ1v) is 8.32. The Kier molecular flexibility index (Phi) is 5.75. The number of hydrogen-bond donors (Lipinski definition) is 2. The topological polar surface area (TPSA) is 68.8 Å². The van der Waals surface area contributed by atoms with Crippen LogP contribution in [0.15, 0.2) is 16.6 Å².